The fraction of sp³-hybridized carbons (Fsp3) is 0.455. The van der Waals surface area contributed by atoms with E-state index in [2.05, 4.69) is 20.1 Å². The lowest BCUT2D eigenvalue weighted by Gasteiger charge is -2.53. The minimum atomic E-state index is -0.131. The van der Waals surface area contributed by atoms with E-state index in [1.54, 1.807) is 18.5 Å². The Morgan fingerprint density at radius 3 is 2.63 bits per heavy atom. The Morgan fingerprint density at radius 1 is 1.13 bits per heavy atom. The number of hydrogen-bond donors (Lipinski definition) is 0. The van der Waals surface area contributed by atoms with Crippen LogP contribution in [0.3, 0.4) is 0 Å². The molecule has 2 aliphatic rings. The molecule has 0 aromatic carbocycles. The first kappa shape index (κ1) is 19.0. The second-order valence-corrected chi connectivity index (χ2v) is 8.43. The smallest absolute Gasteiger partial charge is 0.269 e. The van der Waals surface area contributed by atoms with Crippen LogP contribution >= 0.6 is 0 Å². The molecule has 0 amide bonds. The number of hydrogen-bond acceptors (Lipinski definition) is 7. The van der Waals surface area contributed by atoms with E-state index in [0.29, 0.717) is 23.4 Å². The molecule has 156 valence electrons. The minimum absolute atomic E-state index is 0.131. The fourth-order valence-electron chi connectivity index (χ4n) is 4.34. The topological polar surface area (TPSA) is 86.3 Å². The van der Waals surface area contributed by atoms with Crippen molar-refractivity contribution in [1.82, 2.24) is 19.9 Å². The van der Waals surface area contributed by atoms with Gasteiger partial charge in [-0.1, -0.05) is 5.16 Å². The summed E-state index contributed by atoms with van der Waals surface area (Å²) in [7, 11) is 0. The van der Waals surface area contributed by atoms with Crippen LogP contribution in [0.15, 0.2) is 39.9 Å². The molecule has 5 heterocycles. The zero-order valence-corrected chi connectivity index (χ0v) is 17.3. The molecule has 0 radical (unpaired) electrons. The van der Waals surface area contributed by atoms with Gasteiger partial charge in [0.2, 0.25) is 0 Å². The average Bonchev–Trinajstić information content (AvgIpc) is 3.09. The summed E-state index contributed by atoms with van der Waals surface area (Å²) < 4.78 is 12.3. The Kier molecular flexibility index (Phi) is 4.66. The van der Waals surface area contributed by atoms with E-state index in [4.69, 9.17) is 9.26 Å². The monoisotopic (exact) mass is 407 g/mol. The summed E-state index contributed by atoms with van der Waals surface area (Å²) in [6.07, 6.45) is 5.74. The third-order valence-electron chi connectivity index (χ3n) is 6.30. The van der Waals surface area contributed by atoms with Gasteiger partial charge < -0.3 is 14.2 Å². The van der Waals surface area contributed by atoms with Gasteiger partial charge in [0.05, 0.1) is 18.4 Å². The SMILES string of the molecule is Cc1ccc(-c2noc(C)c2Cn2ncc(N3CC4(CCOCC4)C3)cc2=O)cn1. The Morgan fingerprint density at radius 2 is 1.93 bits per heavy atom. The second-order valence-electron chi connectivity index (χ2n) is 8.43. The van der Waals surface area contributed by atoms with E-state index in [1.165, 1.54) is 4.68 Å². The maximum Gasteiger partial charge on any atom is 0.269 e. The number of rotatable bonds is 4. The first-order valence-electron chi connectivity index (χ1n) is 10.3. The zero-order valence-electron chi connectivity index (χ0n) is 17.3. The van der Waals surface area contributed by atoms with Gasteiger partial charge in [0.1, 0.15) is 11.5 Å². The van der Waals surface area contributed by atoms with Crippen LogP contribution in [-0.2, 0) is 11.3 Å². The number of nitrogens with zero attached hydrogens (tertiary/aromatic N) is 5. The van der Waals surface area contributed by atoms with Gasteiger partial charge in [0.25, 0.3) is 5.56 Å². The molecule has 3 aromatic heterocycles. The average molecular weight is 407 g/mol. The number of aryl methyl sites for hydroxylation is 2. The van der Waals surface area contributed by atoms with Gasteiger partial charge in [-0.05, 0) is 38.8 Å². The lowest BCUT2D eigenvalue weighted by Crippen LogP contribution is -2.58. The van der Waals surface area contributed by atoms with Crippen LogP contribution in [0.5, 0.6) is 0 Å². The van der Waals surface area contributed by atoms with E-state index >= 15 is 0 Å². The molecule has 0 atom stereocenters. The van der Waals surface area contributed by atoms with Crippen LogP contribution in [0.4, 0.5) is 5.69 Å². The van der Waals surface area contributed by atoms with Crippen molar-refractivity contribution in [3.8, 4) is 11.3 Å². The molecule has 0 N–H and O–H groups in total. The number of pyridine rings is 1. The molecule has 2 fully saturated rings. The van der Waals surface area contributed by atoms with Crippen LogP contribution in [0, 0.1) is 19.3 Å². The van der Waals surface area contributed by atoms with Gasteiger partial charge in [0.15, 0.2) is 0 Å². The van der Waals surface area contributed by atoms with Crippen molar-refractivity contribution < 1.29 is 9.26 Å². The number of anilines is 1. The van der Waals surface area contributed by atoms with Gasteiger partial charge in [0, 0.05) is 60.8 Å². The molecule has 1 spiro atoms. The molecule has 30 heavy (non-hydrogen) atoms. The van der Waals surface area contributed by atoms with Crippen molar-refractivity contribution >= 4 is 5.69 Å². The van der Waals surface area contributed by atoms with E-state index in [1.807, 2.05) is 26.0 Å². The molecule has 3 aromatic rings. The summed E-state index contributed by atoms with van der Waals surface area (Å²) in [4.78, 5) is 19.3. The third-order valence-corrected chi connectivity index (χ3v) is 6.30. The highest BCUT2D eigenvalue weighted by Crippen LogP contribution is 2.41. The second kappa shape index (κ2) is 7.36. The summed E-state index contributed by atoms with van der Waals surface area (Å²) in [6.45, 7) is 7.70. The van der Waals surface area contributed by atoms with Crippen molar-refractivity contribution in [3.63, 3.8) is 0 Å². The molecule has 0 unspecified atom stereocenters. The van der Waals surface area contributed by atoms with Crippen LogP contribution in [-0.4, -0.2) is 46.2 Å². The Bertz CT molecular complexity index is 1100. The van der Waals surface area contributed by atoms with Gasteiger partial charge in [-0.2, -0.15) is 5.10 Å². The molecule has 5 rings (SSSR count). The van der Waals surface area contributed by atoms with Gasteiger partial charge in [-0.3, -0.25) is 9.78 Å². The Labute approximate surface area is 174 Å². The first-order chi connectivity index (χ1) is 14.5. The molecule has 0 bridgehead atoms. The molecule has 0 aliphatic carbocycles. The van der Waals surface area contributed by atoms with Crippen molar-refractivity contribution in [3.05, 3.63) is 58.0 Å². The molecule has 8 nitrogen and oxygen atoms in total. The highest BCUT2D eigenvalue weighted by Gasteiger charge is 2.44. The quantitative estimate of drug-likeness (QED) is 0.657. The van der Waals surface area contributed by atoms with Crippen LogP contribution in [0.25, 0.3) is 11.3 Å². The Balaban J connectivity index is 1.35. The summed E-state index contributed by atoms with van der Waals surface area (Å²) >= 11 is 0. The van der Waals surface area contributed by atoms with Crippen LogP contribution < -0.4 is 10.5 Å². The zero-order chi connectivity index (χ0) is 20.7. The highest BCUT2D eigenvalue weighted by molar-refractivity contribution is 5.62. The van der Waals surface area contributed by atoms with Crippen LogP contribution in [0.1, 0.15) is 29.9 Å². The first-order valence-corrected chi connectivity index (χ1v) is 10.3. The van der Waals surface area contributed by atoms with E-state index in [9.17, 15) is 4.79 Å². The maximum atomic E-state index is 12.8. The van der Waals surface area contributed by atoms with Crippen molar-refractivity contribution in [1.29, 1.82) is 0 Å². The van der Waals surface area contributed by atoms with Gasteiger partial charge in [-0.25, -0.2) is 4.68 Å². The van der Waals surface area contributed by atoms with Crippen molar-refractivity contribution in [2.24, 2.45) is 5.41 Å². The predicted molar refractivity (Wildman–Crippen MR) is 112 cm³/mol. The molecule has 8 heteroatoms. The molecular formula is C22H25N5O3. The molecule has 0 saturated carbocycles. The van der Waals surface area contributed by atoms with E-state index < -0.39 is 0 Å². The van der Waals surface area contributed by atoms with Gasteiger partial charge >= 0.3 is 0 Å². The van der Waals surface area contributed by atoms with Crippen molar-refractivity contribution in [2.45, 2.75) is 33.2 Å². The largest absolute Gasteiger partial charge is 0.381 e. The fourth-order valence-corrected chi connectivity index (χ4v) is 4.34. The lowest BCUT2D eigenvalue weighted by atomic mass is 9.73. The lowest BCUT2D eigenvalue weighted by molar-refractivity contribution is -0.000234. The molecule has 2 saturated heterocycles. The number of aromatic nitrogens is 4. The summed E-state index contributed by atoms with van der Waals surface area (Å²) in [5, 5.41) is 8.61. The van der Waals surface area contributed by atoms with E-state index in [0.717, 1.165) is 61.7 Å². The van der Waals surface area contributed by atoms with Gasteiger partial charge in [-0.15, -0.1) is 0 Å². The highest BCUT2D eigenvalue weighted by atomic mass is 16.5. The third kappa shape index (κ3) is 3.41. The molecule has 2 aliphatic heterocycles. The molecular weight excluding hydrogens is 382 g/mol. The van der Waals surface area contributed by atoms with Crippen LogP contribution in [0.2, 0.25) is 0 Å². The predicted octanol–water partition coefficient (Wildman–Crippen LogP) is 2.58. The maximum absolute atomic E-state index is 12.8. The summed E-state index contributed by atoms with van der Waals surface area (Å²) in [5.41, 5.74) is 4.44. The van der Waals surface area contributed by atoms with Crippen molar-refractivity contribution in [2.75, 3.05) is 31.2 Å². The summed E-state index contributed by atoms with van der Waals surface area (Å²) in [6, 6.07) is 5.56. The standard InChI is InChI=1S/C22H25N5O3/c1-15-3-4-17(10-23-15)21-19(16(2)30-25-21)12-27-20(28)9-18(11-24-27)26-13-22(14-26)5-7-29-8-6-22/h3-4,9-11H,5-8,12-14H2,1-2H3. The normalized spacial score (nSPS) is 17.9. The minimum Gasteiger partial charge on any atom is -0.381 e. The number of ether oxygens (including phenoxy) is 1. The van der Waals surface area contributed by atoms with E-state index in [-0.39, 0.29) is 5.56 Å². The summed E-state index contributed by atoms with van der Waals surface area (Å²) in [5.74, 6) is 0.674. The Hall–Kier alpha value is -3.00.